The molecule has 1 fully saturated rings. The molecule has 0 bridgehead atoms. The monoisotopic (exact) mass is 263 g/mol. The van der Waals surface area contributed by atoms with E-state index < -0.39 is 12.0 Å². The lowest BCUT2D eigenvalue weighted by molar-refractivity contribution is -0.150. The van der Waals surface area contributed by atoms with E-state index in [-0.39, 0.29) is 5.91 Å². The van der Waals surface area contributed by atoms with Crippen molar-refractivity contribution < 1.29 is 14.7 Å². The molecule has 1 aromatic rings. The van der Waals surface area contributed by atoms with Gasteiger partial charge in [0, 0.05) is 31.4 Å². The molecule has 1 saturated heterocycles. The number of nitrogens with zero attached hydrogens (tertiary/aromatic N) is 3. The summed E-state index contributed by atoms with van der Waals surface area (Å²) >= 11 is 0. The average molecular weight is 263 g/mol. The molecule has 0 aromatic carbocycles. The van der Waals surface area contributed by atoms with Gasteiger partial charge >= 0.3 is 5.97 Å². The number of piperidine rings is 1. The van der Waals surface area contributed by atoms with E-state index in [0.29, 0.717) is 13.0 Å². The van der Waals surface area contributed by atoms with E-state index in [1.807, 2.05) is 0 Å². The molecule has 6 heteroatoms. The maximum atomic E-state index is 12.0. The first-order chi connectivity index (χ1) is 9.08. The standard InChI is InChI=1S/C13H17N3O3/c1-15-9-10(8-14-15)5-6-12(17)16-7-3-2-4-11(16)13(18)19/h5-6,8-9,11H,2-4,7H2,1H3,(H,18,19)/t11-/m0/s1. The van der Waals surface area contributed by atoms with Crippen molar-refractivity contribution in [1.82, 2.24) is 14.7 Å². The predicted molar refractivity (Wildman–Crippen MR) is 69.2 cm³/mol. The Morgan fingerprint density at radius 2 is 2.26 bits per heavy atom. The van der Waals surface area contributed by atoms with Crippen molar-refractivity contribution in [1.29, 1.82) is 0 Å². The lowest BCUT2D eigenvalue weighted by Gasteiger charge is -2.32. The second-order valence-electron chi connectivity index (χ2n) is 4.66. The van der Waals surface area contributed by atoms with Crippen LogP contribution in [0.15, 0.2) is 18.5 Å². The van der Waals surface area contributed by atoms with Gasteiger partial charge in [0.25, 0.3) is 0 Å². The molecule has 102 valence electrons. The van der Waals surface area contributed by atoms with Crippen molar-refractivity contribution in [3.05, 3.63) is 24.0 Å². The molecule has 0 spiro atoms. The topological polar surface area (TPSA) is 75.4 Å². The smallest absolute Gasteiger partial charge is 0.326 e. The minimum absolute atomic E-state index is 0.254. The van der Waals surface area contributed by atoms with Gasteiger partial charge in [-0.25, -0.2) is 4.79 Å². The van der Waals surface area contributed by atoms with Crippen molar-refractivity contribution in [3.63, 3.8) is 0 Å². The third kappa shape index (κ3) is 3.21. The molecule has 19 heavy (non-hydrogen) atoms. The zero-order chi connectivity index (χ0) is 13.8. The van der Waals surface area contributed by atoms with Crippen LogP contribution in [0.2, 0.25) is 0 Å². The average Bonchev–Trinajstić information content (AvgIpc) is 2.81. The predicted octanol–water partition coefficient (Wildman–Crippen LogP) is 0.899. The Morgan fingerprint density at radius 1 is 1.47 bits per heavy atom. The van der Waals surface area contributed by atoms with Gasteiger partial charge < -0.3 is 10.0 Å². The Balaban J connectivity index is 2.05. The van der Waals surface area contributed by atoms with Crippen LogP contribution in [-0.2, 0) is 16.6 Å². The van der Waals surface area contributed by atoms with E-state index in [4.69, 9.17) is 5.11 Å². The molecule has 2 rings (SSSR count). The van der Waals surface area contributed by atoms with Crippen LogP contribution < -0.4 is 0 Å². The fourth-order valence-corrected chi connectivity index (χ4v) is 2.24. The first-order valence-corrected chi connectivity index (χ1v) is 6.28. The van der Waals surface area contributed by atoms with E-state index in [2.05, 4.69) is 5.10 Å². The molecular formula is C13H17N3O3. The summed E-state index contributed by atoms with van der Waals surface area (Å²) in [7, 11) is 1.80. The molecule has 1 atom stereocenters. The molecule has 1 aliphatic rings. The van der Waals surface area contributed by atoms with Gasteiger partial charge in [0.15, 0.2) is 0 Å². The summed E-state index contributed by atoms with van der Waals surface area (Å²) in [5.41, 5.74) is 0.819. The van der Waals surface area contributed by atoms with Crippen LogP contribution in [-0.4, -0.2) is 44.3 Å². The largest absolute Gasteiger partial charge is 0.480 e. The minimum atomic E-state index is -0.928. The first-order valence-electron chi connectivity index (χ1n) is 6.28. The number of aromatic nitrogens is 2. The number of carboxylic acid groups (broad SMARTS) is 1. The summed E-state index contributed by atoms with van der Waals surface area (Å²) < 4.78 is 1.64. The Morgan fingerprint density at radius 3 is 2.89 bits per heavy atom. The van der Waals surface area contributed by atoms with Crippen LogP contribution in [0.5, 0.6) is 0 Å². The molecule has 6 nitrogen and oxygen atoms in total. The summed E-state index contributed by atoms with van der Waals surface area (Å²) in [6, 6.07) is -0.695. The van der Waals surface area contributed by atoms with Gasteiger partial charge in [0.1, 0.15) is 6.04 Å². The number of rotatable bonds is 3. The second kappa shape index (κ2) is 5.69. The number of carbonyl (C=O) groups excluding carboxylic acids is 1. The van der Waals surface area contributed by atoms with Gasteiger partial charge in [0.05, 0.1) is 6.20 Å². The Labute approximate surface area is 111 Å². The third-order valence-corrected chi connectivity index (χ3v) is 3.21. The number of aryl methyl sites for hydroxylation is 1. The maximum absolute atomic E-state index is 12.0. The van der Waals surface area contributed by atoms with Gasteiger partial charge in [-0.05, 0) is 25.3 Å². The summed E-state index contributed by atoms with van der Waals surface area (Å²) in [6.07, 6.45) is 8.75. The Bertz CT molecular complexity index is 507. The van der Waals surface area contributed by atoms with Crippen molar-refractivity contribution >= 4 is 18.0 Å². The van der Waals surface area contributed by atoms with E-state index in [1.165, 1.54) is 11.0 Å². The van der Waals surface area contributed by atoms with Crippen molar-refractivity contribution in [3.8, 4) is 0 Å². The van der Waals surface area contributed by atoms with Crippen LogP contribution in [0.4, 0.5) is 0 Å². The Hall–Kier alpha value is -2.11. The molecule has 2 heterocycles. The molecule has 1 aromatic heterocycles. The van der Waals surface area contributed by atoms with Gasteiger partial charge in [0.2, 0.25) is 5.91 Å². The van der Waals surface area contributed by atoms with Crippen molar-refractivity contribution in [2.45, 2.75) is 25.3 Å². The number of amides is 1. The molecule has 0 saturated carbocycles. The lowest BCUT2D eigenvalue weighted by atomic mass is 10.0. The summed E-state index contributed by atoms with van der Waals surface area (Å²) in [5.74, 6) is -1.18. The van der Waals surface area contributed by atoms with E-state index in [1.54, 1.807) is 30.2 Å². The van der Waals surface area contributed by atoms with E-state index in [0.717, 1.165) is 18.4 Å². The lowest BCUT2D eigenvalue weighted by Crippen LogP contribution is -2.47. The molecule has 0 aliphatic carbocycles. The molecule has 1 aliphatic heterocycles. The number of hydrogen-bond donors (Lipinski definition) is 1. The molecule has 1 N–H and O–H groups in total. The third-order valence-electron chi connectivity index (χ3n) is 3.21. The highest BCUT2D eigenvalue weighted by molar-refractivity contribution is 5.94. The summed E-state index contributed by atoms with van der Waals surface area (Å²) in [4.78, 5) is 24.6. The van der Waals surface area contributed by atoms with Gasteiger partial charge in [-0.2, -0.15) is 5.10 Å². The van der Waals surface area contributed by atoms with Crippen LogP contribution >= 0.6 is 0 Å². The van der Waals surface area contributed by atoms with Crippen molar-refractivity contribution in [2.24, 2.45) is 7.05 Å². The van der Waals surface area contributed by atoms with Gasteiger partial charge in [-0.15, -0.1) is 0 Å². The Kier molecular flexibility index (Phi) is 3.99. The number of likely N-dealkylation sites (tertiary alicyclic amines) is 1. The van der Waals surface area contributed by atoms with Crippen LogP contribution in [0, 0.1) is 0 Å². The van der Waals surface area contributed by atoms with E-state index >= 15 is 0 Å². The fourth-order valence-electron chi connectivity index (χ4n) is 2.24. The zero-order valence-corrected chi connectivity index (χ0v) is 10.8. The summed E-state index contributed by atoms with van der Waals surface area (Å²) in [6.45, 7) is 0.507. The fraction of sp³-hybridized carbons (Fsp3) is 0.462. The first kappa shape index (κ1) is 13.3. The van der Waals surface area contributed by atoms with E-state index in [9.17, 15) is 9.59 Å². The van der Waals surface area contributed by atoms with Crippen LogP contribution in [0.3, 0.4) is 0 Å². The highest BCUT2D eigenvalue weighted by atomic mass is 16.4. The number of hydrogen-bond acceptors (Lipinski definition) is 3. The molecule has 0 unspecified atom stereocenters. The molecular weight excluding hydrogens is 246 g/mol. The highest BCUT2D eigenvalue weighted by Gasteiger charge is 2.30. The van der Waals surface area contributed by atoms with Gasteiger partial charge in [-0.1, -0.05) is 0 Å². The number of carbonyl (C=O) groups is 2. The molecule has 1 amide bonds. The number of aliphatic carboxylic acids is 1. The van der Waals surface area contributed by atoms with Gasteiger partial charge in [-0.3, -0.25) is 9.48 Å². The van der Waals surface area contributed by atoms with Crippen LogP contribution in [0.25, 0.3) is 6.08 Å². The normalized spacial score (nSPS) is 19.8. The van der Waals surface area contributed by atoms with Crippen LogP contribution in [0.1, 0.15) is 24.8 Å². The maximum Gasteiger partial charge on any atom is 0.326 e. The molecule has 0 radical (unpaired) electrons. The quantitative estimate of drug-likeness (QED) is 0.822. The zero-order valence-electron chi connectivity index (χ0n) is 10.8. The minimum Gasteiger partial charge on any atom is -0.480 e. The number of carboxylic acids is 1. The van der Waals surface area contributed by atoms with Crippen molar-refractivity contribution in [2.75, 3.05) is 6.54 Å². The second-order valence-corrected chi connectivity index (χ2v) is 4.66. The summed E-state index contributed by atoms with van der Waals surface area (Å²) in [5, 5.41) is 13.1. The highest BCUT2D eigenvalue weighted by Crippen LogP contribution is 2.17. The SMILES string of the molecule is Cn1cc(C=CC(=O)N2CCCC[C@H]2C(=O)O)cn1.